The standard InChI is InChI=1S/2C28H36BrN3O2/c2*1-20-6-5-7-21(2)25(20)27(33)31-18-14-28(3,15-19-31)32-16-12-23(13-17-32)26(30-34-4)22-8-10-24(29)11-9-22/h2*5-11,23H,12-19H2,1-4H3/b30-26+;30-26-. The highest BCUT2D eigenvalue weighted by molar-refractivity contribution is 9.10. The van der Waals surface area contributed by atoms with Crippen molar-refractivity contribution in [2.24, 2.45) is 22.1 Å². The van der Waals surface area contributed by atoms with Crippen molar-refractivity contribution in [3.8, 4) is 0 Å². The van der Waals surface area contributed by atoms with Crippen LogP contribution in [0.2, 0.25) is 0 Å². The molecule has 0 aromatic heterocycles. The van der Waals surface area contributed by atoms with Crippen LogP contribution >= 0.6 is 31.9 Å². The normalized spacial score (nSPS) is 19.8. The molecule has 0 unspecified atom stereocenters. The fraction of sp³-hybridized carbons (Fsp3) is 0.500. The maximum atomic E-state index is 13.2. The van der Waals surface area contributed by atoms with E-state index in [1.807, 2.05) is 64.1 Å². The van der Waals surface area contributed by atoms with Crippen LogP contribution in [-0.2, 0) is 9.68 Å². The first-order valence-corrected chi connectivity index (χ1v) is 26.2. The van der Waals surface area contributed by atoms with Crippen LogP contribution in [0.3, 0.4) is 0 Å². The van der Waals surface area contributed by atoms with E-state index in [0.717, 1.165) is 169 Å². The van der Waals surface area contributed by atoms with Gasteiger partial charge in [-0.25, -0.2) is 0 Å². The lowest BCUT2D eigenvalue weighted by molar-refractivity contribution is 0.0157. The van der Waals surface area contributed by atoms with E-state index in [0.29, 0.717) is 11.8 Å². The smallest absolute Gasteiger partial charge is 0.254 e. The van der Waals surface area contributed by atoms with E-state index in [1.165, 1.54) is 0 Å². The quantitative estimate of drug-likeness (QED) is 0.116. The molecule has 0 saturated carbocycles. The molecular formula is C56H72Br2N6O4. The molecule has 68 heavy (non-hydrogen) atoms. The molecule has 0 aliphatic carbocycles. The number of halogens is 2. The van der Waals surface area contributed by atoms with Crippen molar-refractivity contribution in [2.45, 2.75) is 104 Å². The van der Waals surface area contributed by atoms with Gasteiger partial charge in [0, 0.05) is 69.2 Å². The van der Waals surface area contributed by atoms with E-state index < -0.39 is 0 Å². The molecule has 4 saturated heterocycles. The Labute approximate surface area is 422 Å². The van der Waals surface area contributed by atoms with E-state index in [2.05, 4.69) is 124 Å². The van der Waals surface area contributed by atoms with E-state index >= 15 is 0 Å². The Morgan fingerprint density at radius 3 is 1.07 bits per heavy atom. The topological polar surface area (TPSA) is 90.3 Å². The van der Waals surface area contributed by atoms with Crippen LogP contribution in [0.1, 0.15) is 119 Å². The van der Waals surface area contributed by atoms with Crippen LogP contribution in [0.15, 0.2) is 104 Å². The number of amides is 2. The van der Waals surface area contributed by atoms with Gasteiger partial charge in [0.1, 0.15) is 14.2 Å². The molecule has 0 N–H and O–H groups in total. The summed E-state index contributed by atoms with van der Waals surface area (Å²) in [5.74, 6) is 1.16. The van der Waals surface area contributed by atoms with Crippen molar-refractivity contribution in [1.29, 1.82) is 0 Å². The third-order valence-electron chi connectivity index (χ3n) is 15.6. The van der Waals surface area contributed by atoms with Crippen molar-refractivity contribution in [1.82, 2.24) is 19.6 Å². The van der Waals surface area contributed by atoms with Gasteiger partial charge in [-0.05, 0) is 177 Å². The molecule has 0 atom stereocenters. The third-order valence-corrected chi connectivity index (χ3v) is 16.7. The maximum absolute atomic E-state index is 13.2. The highest BCUT2D eigenvalue weighted by Gasteiger charge is 2.41. The minimum absolute atomic E-state index is 0.138. The second kappa shape index (κ2) is 23.0. The fourth-order valence-corrected chi connectivity index (χ4v) is 11.7. The SMILES string of the molecule is CO/N=C(/c1ccc(Br)cc1)C1CCN(C2(C)CCN(C(=O)c3c(C)cccc3C)CC2)CC1.CO/N=C(\c1ccc(Br)cc1)C1CCN(C2(C)CCN(C(=O)c3c(C)cccc3C)CC2)CC1. The van der Waals surface area contributed by atoms with Crippen LogP contribution in [0.5, 0.6) is 0 Å². The number of benzene rings is 4. The van der Waals surface area contributed by atoms with Crippen LogP contribution in [-0.4, -0.2) is 120 Å². The second-order valence-corrected chi connectivity index (χ2v) is 21.8. The monoisotopic (exact) mass is 1050 g/mol. The molecule has 8 rings (SSSR count). The van der Waals surface area contributed by atoms with Crippen molar-refractivity contribution in [3.63, 3.8) is 0 Å². The number of aryl methyl sites for hydroxylation is 4. The van der Waals surface area contributed by atoms with Crippen molar-refractivity contribution in [2.75, 3.05) is 66.6 Å². The summed E-state index contributed by atoms with van der Waals surface area (Å²) in [6.07, 6.45) is 8.33. The first-order chi connectivity index (χ1) is 32.6. The third kappa shape index (κ3) is 12.0. The lowest BCUT2D eigenvalue weighted by atomic mass is 9.82. The predicted octanol–water partition coefficient (Wildman–Crippen LogP) is 11.6. The van der Waals surface area contributed by atoms with E-state index in [4.69, 9.17) is 9.68 Å². The number of hydrogen-bond acceptors (Lipinski definition) is 8. The van der Waals surface area contributed by atoms with Gasteiger partial charge >= 0.3 is 0 Å². The summed E-state index contributed by atoms with van der Waals surface area (Å²) in [7, 11) is 3.26. The van der Waals surface area contributed by atoms with Crippen molar-refractivity contribution >= 4 is 55.1 Å². The van der Waals surface area contributed by atoms with Crippen LogP contribution < -0.4 is 0 Å². The van der Waals surface area contributed by atoms with Gasteiger partial charge in [0.25, 0.3) is 11.8 Å². The molecule has 10 nitrogen and oxygen atoms in total. The highest BCUT2D eigenvalue weighted by Crippen LogP contribution is 2.36. The maximum Gasteiger partial charge on any atom is 0.254 e. The molecule has 4 aliphatic heterocycles. The molecule has 364 valence electrons. The Bertz CT molecular complexity index is 2200. The summed E-state index contributed by atoms with van der Waals surface area (Å²) in [6, 6.07) is 28.9. The Kier molecular flexibility index (Phi) is 17.4. The zero-order chi connectivity index (χ0) is 48.6. The molecule has 4 aromatic rings. The summed E-state index contributed by atoms with van der Waals surface area (Å²) in [6.45, 7) is 20.4. The molecule has 4 fully saturated rings. The van der Waals surface area contributed by atoms with E-state index in [-0.39, 0.29) is 22.9 Å². The predicted molar refractivity (Wildman–Crippen MR) is 283 cm³/mol. The van der Waals surface area contributed by atoms with Crippen LogP contribution in [0.4, 0.5) is 0 Å². The summed E-state index contributed by atoms with van der Waals surface area (Å²) in [4.78, 5) is 46.3. The summed E-state index contributed by atoms with van der Waals surface area (Å²) in [5, 5.41) is 8.83. The largest absolute Gasteiger partial charge is 0.399 e. The lowest BCUT2D eigenvalue weighted by Crippen LogP contribution is -2.56. The Morgan fingerprint density at radius 1 is 0.500 bits per heavy atom. The molecule has 2 amide bonds. The van der Waals surface area contributed by atoms with Gasteiger partial charge in [-0.15, -0.1) is 0 Å². The second-order valence-electron chi connectivity index (χ2n) is 20.0. The van der Waals surface area contributed by atoms with Gasteiger partial charge in [-0.3, -0.25) is 19.4 Å². The lowest BCUT2D eigenvalue weighted by Gasteiger charge is -2.49. The summed E-state index contributed by atoms with van der Waals surface area (Å²) in [5.41, 5.74) is 10.7. The van der Waals surface area contributed by atoms with E-state index in [9.17, 15) is 9.59 Å². The first-order valence-electron chi connectivity index (χ1n) is 24.6. The molecule has 0 radical (unpaired) electrons. The molecule has 4 heterocycles. The first kappa shape index (κ1) is 51.5. The fourth-order valence-electron chi connectivity index (χ4n) is 11.2. The average molecular weight is 1050 g/mol. The van der Waals surface area contributed by atoms with Gasteiger partial charge in [0.15, 0.2) is 0 Å². The molecule has 4 aromatic carbocycles. The minimum Gasteiger partial charge on any atom is -0.399 e. The molecule has 4 aliphatic rings. The van der Waals surface area contributed by atoms with Gasteiger partial charge in [-0.2, -0.15) is 0 Å². The number of oxime groups is 2. The minimum atomic E-state index is 0.138. The Hall–Kier alpha value is -4.36. The van der Waals surface area contributed by atoms with Crippen LogP contribution in [0, 0.1) is 39.5 Å². The number of carbonyl (C=O) groups excluding carboxylic acids is 2. The van der Waals surface area contributed by atoms with Crippen molar-refractivity contribution < 1.29 is 19.3 Å². The van der Waals surface area contributed by atoms with Gasteiger partial charge in [-0.1, -0.05) is 103 Å². The Morgan fingerprint density at radius 2 is 0.794 bits per heavy atom. The number of carbonyl (C=O) groups is 2. The van der Waals surface area contributed by atoms with Crippen molar-refractivity contribution in [3.05, 3.63) is 138 Å². The number of likely N-dealkylation sites (tertiary alicyclic amines) is 4. The molecular weight excluding hydrogens is 980 g/mol. The van der Waals surface area contributed by atoms with Gasteiger partial charge in [0.2, 0.25) is 0 Å². The molecule has 12 heteroatoms. The summed E-state index contributed by atoms with van der Waals surface area (Å²) < 4.78 is 2.14. The Balaban J connectivity index is 0.000000201. The van der Waals surface area contributed by atoms with E-state index in [1.54, 1.807) is 14.2 Å². The van der Waals surface area contributed by atoms with Gasteiger partial charge < -0.3 is 19.5 Å². The highest BCUT2D eigenvalue weighted by atomic mass is 79.9. The zero-order valence-corrected chi connectivity index (χ0v) is 44.8. The summed E-state index contributed by atoms with van der Waals surface area (Å²) >= 11 is 7.04. The average Bonchev–Trinajstić information content (AvgIpc) is 3.34. The van der Waals surface area contributed by atoms with Crippen LogP contribution in [0.25, 0.3) is 0 Å². The van der Waals surface area contributed by atoms with Gasteiger partial charge in [0.05, 0.1) is 11.4 Å². The molecule has 0 spiro atoms. The molecule has 0 bridgehead atoms. The number of nitrogens with zero attached hydrogens (tertiary/aromatic N) is 6. The zero-order valence-electron chi connectivity index (χ0n) is 41.6. The number of hydrogen-bond donors (Lipinski definition) is 0. The number of rotatable bonds is 10. The number of piperidine rings is 4.